The van der Waals surface area contributed by atoms with E-state index in [0.717, 1.165) is 12.1 Å². The molecule has 96 valence electrons. The Morgan fingerprint density at radius 2 is 1.82 bits per heavy atom. The summed E-state index contributed by atoms with van der Waals surface area (Å²) >= 11 is 0. The minimum atomic E-state index is -0.988. The van der Waals surface area contributed by atoms with Gasteiger partial charge in [-0.1, -0.05) is 0 Å². The number of benzene rings is 1. The van der Waals surface area contributed by atoms with Crippen LogP contribution in [0.4, 0.5) is 8.78 Å². The van der Waals surface area contributed by atoms with E-state index in [2.05, 4.69) is 11.6 Å². The first-order chi connectivity index (χ1) is 7.38. The Balaban J connectivity index is 0. The maximum atomic E-state index is 12.4. The van der Waals surface area contributed by atoms with Crippen LogP contribution in [0, 0.1) is 17.0 Å². The molecule has 1 aromatic rings. The van der Waals surface area contributed by atoms with Crippen molar-refractivity contribution in [3.63, 3.8) is 0 Å². The van der Waals surface area contributed by atoms with Crippen molar-refractivity contribution in [3.8, 4) is 0 Å². The molecule has 17 heavy (non-hydrogen) atoms. The van der Waals surface area contributed by atoms with Gasteiger partial charge in [-0.25, -0.2) is 14.6 Å². The lowest BCUT2D eigenvalue weighted by atomic mass is 10.1. The molecule has 0 saturated heterocycles. The number of nitrogens with two attached hydrogens (primary N) is 2. The second-order valence-corrected chi connectivity index (χ2v) is 2.74. The predicted octanol–water partition coefficient (Wildman–Crippen LogP) is 0.932. The fraction of sp³-hybridized carbons (Fsp3) is 0.111. The summed E-state index contributed by atoms with van der Waals surface area (Å²) in [5.41, 5.74) is 6.71. The molecule has 0 aliphatic rings. The number of guanidine groups is 1. The molecule has 0 fully saturated rings. The molecule has 0 aliphatic heterocycles. The number of hydrogen-bond acceptors (Lipinski definition) is 3. The number of nitrogens with one attached hydrogen (secondary N) is 2. The van der Waals surface area contributed by atoms with Gasteiger partial charge in [0.25, 0.3) is 0 Å². The first-order valence-electron chi connectivity index (χ1n) is 4.15. The van der Waals surface area contributed by atoms with Gasteiger partial charge in [-0.15, -0.1) is 12.4 Å². The van der Waals surface area contributed by atoms with Crippen molar-refractivity contribution in [2.75, 3.05) is 0 Å². The van der Waals surface area contributed by atoms with Gasteiger partial charge in [-0.3, -0.25) is 15.6 Å². The quantitative estimate of drug-likeness (QED) is 0.199. The lowest BCUT2D eigenvalue weighted by Gasteiger charge is -1.95. The maximum absolute atomic E-state index is 12.4. The summed E-state index contributed by atoms with van der Waals surface area (Å²) in [6.45, 7) is 1.30. The highest BCUT2D eigenvalue weighted by Gasteiger charge is 2.04. The van der Waals surface area contributed by atoms with Gasteiger partial charge >= 0.3 is 0 Å². The summed E-state index contributed by atoms with van der Waals surface area (Å²) in [5.74, 6) is 2.16. The molecular formula is C9H13ClF2N4O. The van der Waals surface area contributed by atoms with Crippen molar-refractivity contribution in [1.82, 2.24) is 5.43 Å². The van der Waals surface area contributed by atoms with Gasteiger partial charge in [0.15, 0.2) is 23.4 Å². The number of ketones is 1. The molecule has 1 aromatic carbocycles. The van der Waals surface area contributed by atoms with Crippen molar-refractivity contribution >= 4 is 24.1 Å². The highest BCUT2D eigenvalue weighted by molar-refractivity contribution is 5.93. The van der Waals surface area contributed by atoms with Gasteiger partial charge in [0.1, 0.15) is 0 Å². The van der Waals surface area contributed by atoms with Gasteiger partial charge in [0, 0.05) is 5.56 Å². The Hall–Kier alpha value is -1.73. The SMILES string of the molecule is CC(=O)c1ccc(F)c(F)c1.Cl.N=C(N)NN. The normalized spacial score (nSPS) is 8.24. The third-order valence-corrected chi connectivity index (χ3v) is 1.48. The van der Waals surface area contributed by atoms with Crippen LogP contribution in [0.3, 0.4) is 0 Å². The molecule has 6 N–H and O–H groups in total. The third kappa shape index (κ3) is 7.20. The van der Waals surface area contributed by atoms with Crippen LogP contribution in [0.5, 0.6) is 0 Å². The van der Waals surface area contributed by atoms with Crippen molar-refractivity contribution in [3.05, 3.63) is 35.4 Å². The molecule has 0 heterocycles. The molecule has 0 amide bonds. The van der Waals surface area contributed by atoms with E-state index in [1.807, 2.05) is 5.43 Å². The molecule has 0 atom stereocenters. The molecule has 0 spiro atoms. The largest absolute Gasteiger partial charge is 0.369 e. The zero-order chi connectivity index (χ0) is 12.7. The van der Waals surface area contributed by atoms with E-state index >= 15 is 0 Å². The van der Waals surface area contributed by atoms with E-state index in [-0.39, 0.29) is 29.7 Å². The molecular weight excluding hydrogens is 254 g/mol. The second-order valence-electron chi connectivity index (χ2n) is 2.74. The Morgan fingerprint density at radius 1 is 1.35 bits per heavy atom. The van der Waals surface area contributed by atoms with Crippen LogP contribution >= 0.6 is 12.4 Å². The molecule has 8 heteroatoms. The van der Waals surface area contributed by atoms with Gasteiger partial charge in [-0.2, -0.15) is 0 Å². The van der Waals surface area contributed by atoms with Gasteiger partial charge in [0.05, 0.1) is 0 Å². The molecule has 1 rings (SSSR count). The smallest absolute Gasteiger partial charge is 0.200 e. The third-order valence-electron chi connectivity index (χ3n) is 1.48. The zero-order valence-corrected chi connectivity index (χ0v) is 9.78. The zero-order valence-electron chi connectivity index (χ0n) is 8.96. The molecule has 0 aliphatic carbocycles. The standard InChI is InChI=1S/C8H6F2O.CH6N4.ClH/c1-5(11)6-2-3-7(9)8(10)4-6;2-1(3)5-4;/h2-4H,1H3;4H2,(H4,2,3,5);1H. The van der Waals surface area contributed by atoms with Crippen LogP contribution in [-0.2, 0) is 0 Å². The Labute approximate surface area is 103 Å². The van der Waals surface area contributed by atoms with Gasteiger partial charge in [0.2, 0.25) is 0 Å². The Bertz CT molecular complexity index is 401. The van der Waals surface area contributed by atoms with Crippen LogP contribution in [0.15, 0.2) is 18.2 Å². The predicted molar refractivity (Wildman–Crippen MR) is 62.8 cm³/mol. The van der Waals surface area contributed by atoms with Crippen molar-refractivity contribution in [1.29, 1.82) is 5.41 Å². The summed E-state index contributed by atoms with van der Waals surface area (Å²) in [6.07, 6.45) is 0. The minimum Gasteiger partial charge on any atom is -0.369 e. The second kappa shape index (κ2) is 8.43. The number of carbonyl (C=O) groups is 1. The van der Waals surface area contributed by atoms with Crippen LogP contribution in [-0.4, -0.2) is 11.7 Å². The lowest BCUT2D eigenvalue weighted by molar-refractivity contribution is 0.101. The maximum Gasteiger partial charge on any atom is 0.200 e. The van der Waals surface area contributed by atoms with E-state index in [1.165, 1.54) is 13.0 Å². The Morgan fingerprint density at radius 3 is 2.12 bits per heavy atom. The van der Waals surface area contributed by atoms with E-state index < -0.39 is 11.6 Å². The van der Waals surface area contributed by atoms with E-state index in [1.54, 1.807) is 0 Å². The summed E-state index contributed by atoms with van der Waals surface area (Å²) in [5, 5.41) is 6.28. The first kappa shape index (κ1) is 17.7. The summed E-state index contributed by atoms with van der Waals surface area (Å²) in [6, 6.07) is 3.07. The van der Waals surface area contributed by atoms with Crippen LogP contribution in [0.25, 0.3) is 0 Å². The number of hydrogen-bond donors (Lipinski definition) is 4. The summed E-state index contributed by atoms with van der Waals surface area (Å²) in [7, 11) is 0. The van der Waals surface area contributed by atoms with E-state index in [4.69, 9.17) is 5.41 Å². The van der Waals surface area contributed by atoms with Crippen molar-refractivity contribution in [2.24, 2.45) is 11.6 Å². The van der Waals surface area contributed by atoms with Crippen LogP contribution < -0.4 is 17.0 Å². The first-order valence-corrected chi connectivity index (χ1v) is 4.15. The van der Waals surface area contributed by atoms with Crippen molar-refractivity contribution in [2.45, 2.75) is 6.92 Å². The molecule has 0 aromatic heterocycles. The number of rotatable bonds is 1. The van der Waals surface area contributed by atoms with Gasteiger partial charge < -0.3 is 5.73 Å². The molecule has 0 unspecified atom stereocenters. The Kier molecular flexibility index (Phi) is 8.75. The fourth-order valence-corrected chi connectivity index (χ4v) is 0.715. The average Bonchev–Trinajstić information content (AvgIpc) is 2.22. The topological polar surface area (TPSA) is 105 Å². The highest BCUT2D eigenvalue weighted by Crippen LogP contribution is 2.08. The summed E-state index contributed by atoms with van der Waals surface area (Å²) < 4.78 is 24.7. The van der Waals surface area contributed by atoms with Gasteiger partial charge in [-0.05, 0) is 25.1 Å². The molecule has 5 nitrogen and oxygen atoms in total. The van der Waals surface area contributed by atoms with E-state index in [0.29, 0.717) is 0 Å². The monoisotopic (exact) mass is 266 g/mol. The fourth-order valence-electron chi connectivity index (χ4n) is 0.715. The summed E-state index contributed by atoms with van der Waals surface area (Å²) in [4.78, 5) is 10.6. The number of carbonyl (C=O) groups excluding carboxylic acids is 1. The van der Waals surface area contributed by atoms with Crippen molar-refractivity contribution < 1.29 is 13.6 Å². The minimum absolute atomic E-state index is 0. The lowest BCUT2D eigenvalue weighted by Crippen LogP contribution is -2.35. The molecule has 0 bridgehead atoms. The average molecular weight is 267 g/mol. The molecule has 0 radical (unpaired) electrons. The number of halogens is 3. The molecule has 0 saturated carbocycles. The van der Waals surface area contributed by atoms with E-state index in [9.17, 15) is 13.6 Å². The number of hydrazine groups is 1. The number of Topliss-reactive ketones (excluding diaryl/α,β-unsaturated/α-hetero) is 1. The highest BCUT2D eigenvalue weighted by atomic mass is 35.5. The van der Waals surface area contributed by atoms with Crippen LogP contribution in [0.1, 0.15) is 17.3 Å². The van der Waals surface area contributed by atoms with Crippen LogP contribution in [0.2, 0.25) is 0 Å².